The number of carboxylic acid groups (broad SMARTS) is 1. The summed E-state index contributed by atoms with van der Waals surface area (Å²) in [6, 6.07) is 2.02. The molecule has 0 aliphatic carbocycles. The topological polar surface area (TPSA) is 94.9 Å². The van der Waals surface area contributed by atoms with Gasteiger partial charge in [0.1, 0.15) is 10.7 Å². The Morgan fingerprint density at radius 2 is 2.14 bits per heavy atom. The van der Waals surface area contributed by atoms with Gasteiger partial charge in [0.15, 0.2) is 0 Å². The Hall–Kier alpha value is -1.51. The normalized spacial score (nSPS) is 23.4. The molecule has 1 aliphatic rings. The van der Waals surface area contributed by atoms with Gasteiger partial charge in [-0.3, -0.25) is 0 Å². The van der Waals surface area contributed by atoms with Crippen LogP contribution in [0.1, 0.15) is 23.7 Å². The first-order valence-corrected chi connectivity index (χ1v) is 7.88. The number of rotatable bonds is 4. The van der Waals surface area contributed by atoms with E-state index in [1.54, 1.807) is 6.92 Å². The molecule has 8 heteroatoms. The zero-order valence-corrected chi connectivity index (χ0v) is 12.2. The van der Waals surface area contributed by atoms with E-state index in [0.717, 1.165) is 22.5 Å². The van der Waals surface area contributed by atoms with E-state index in [2.05, 4.69) is 0 Å². The van der Waals surface area contributed by atoms with Crippen LogP contribution < -0.4 is 0 Å². The van der Waals surface area contributed by atoms with Crippen LogP contribution in [0.2, 0.25) is 0 Å². The van der Waals surface area contributed by atoms with E-state index in [0.29, 0.717) is 6.42 Å². The molecule has 2 unspecified atom stereocenters. The number of halogens is 1. The Bertz CT molecular complexity index is 661. The molecule has 1 aromatic carbocycles. The summed E-state index contributed by atoms with van der Waals surface area (Å²) < 4.78 is 39.9. The van der Waals surface area contributed by atoms with Gasteiger partial charge in [0.25, 0.3) is 0 Å². The van der Waals surface area contributed by atoms with Crippen LogP contribution in [0, 0.1) is 11.7 Å². The molecule has 1 aromatic rings. The first-order chi connectivity index (χ1) is 9.78. The highest BCUT2D eigenvalue weighted by Crippen LogP contribution is 2.31. The summed E-state index contributed by atoms with van der Waals surface area (Å²) >= 11 is 0. The van der Waals surface area contributed by atoms with Crippen LogP contribution >= 0.6 is 0 Å². The molecule has 2 atom stereocenters. The number of carbonyl (C=O) groups is 1. The Kier molecular flexibility index (Phi) is 4.31. The minimum Gasteiger partial charge on any atom is -0.478 e. The van der Waals surface area contributed by atoms with E-state index in [1.807, 2.05) is 0 Å². The number of aliphatic hydroxyl groups excluding tert-OH is 1. The van der Waals surface area contributed by atoms with Gasteiger partial charge < -0.3 is 10.2 Å². The Labute approximate surface area is 121 Å². The average Bonchev–Trinajstić information content (AvgIpc) is 2.80. The lowest BCUT2D eigenvalue weighted by atomic mass is 10.0. The lowest BCUT2D eigenvalue weighted by Crippen LogP contribution is -2.40. The molecule has 2 N–H and O–H groups in total. The zero-order chi connectivity index (χ0) is 15.8. The van der Waals surface area contributed by atoms with E-state index >= 15 is 0 Å². The molecule has 0 radical (unpaired) electrons. The number of sulfonamides is 1. The highest BCUT2D eigenvalue weighted by Gasteiger charge is 2.40. The summed E-state index contributed by atoms with van der Waals surface area (Å²) in [5.41, 5.74) is -0.303. The van der Waals surface area contributed by atoms with Crippen LogP contribution in [0.25, 0.3) is 0 Å². The molecule has 0 amide bonds. The molecule has 0 bridgehead atoms. The lowest BCUT2D eigenvalue weighted by Gasteiger charge is -2.24. The van der Waals surface area contributed by atoms with Crippen LogP contribution in [0.3, 0.4) is 0 Å². The molecule has 1 aliphatic heterocycles. The van der Waals surface area contributed by atoms with Crippen LogP contribution in [0.4, 0.5) is 4.39 Å². The molecule has 1 saturated heterocycles. The summed E-state index contributed by atoms with van der Waals surface area (Å²) in [6.45, 7) is 1.62. The van der Waals surface area contributed by atoms with Crippen molar-refractivity contribution < 1.29 is 27.8 Å². The molecular formula is C13H16FNO5S. The third-order valence-corrected chi connectivity index (χ3v) is 5.72. The SMILES string of the molecule is CC1CCN(S(=O)(=O)c2cc(C(=O)O)ccc2F)C1CO. The van der Waals surface area contributed by atoms with Crippen LogP contribution in [0.5, 0.6) is 0 Å². The minimum absolute atomic E-state index is 0.0458. The maximum Gasteiger partial charge on any atom is 0.335 e. The summed E-state index contributed by atoms with van der Waals surface area (Å²) in [6.07, 6.45) is 0.560. The molecule has 116 valence electrons. The zero-order valence-electron chi connectivity index (χ0n) is 11.4. The average molecular weight is 317 g/mol. The molecule has 0 aromatic heterocycles. The van der Waals surface area contributed by atoms with E-state index in [4.69, 9.17) is 5.11 Å². The predicted octanol–water partition coefficient (Wildman–Crippen LogP) is 0.915. The fourth-order valence-electron chi connectivity index (χ4n) is 2.50. The second-order valence-corrected chi connectivity index (χ2v) is 6.94. The molecular weight excluding hydrogens is 301 g/mol. The quantitative estimate of drug-likeness (QED) is 0.861. The van der Waals surface area contributed by atoms with E-state index in [9.17, 15) is 22.7 Å². The maximum atomic E-state index is 13.8. The van der Waals surface area contributed by atoms with Crippen molar-refractivity contribution in [3.63, 3.8) is 0 Å². The van der Waals surface area contributed by atoms with E-state index < -0.39 is 32.7 Å². The third-order valence-electron chi connectivity index (χ3n) is 3.78. The molecule has 2 rings (SSSR count). The van der Waals surface area contributed by atoms with Crippen molar-refractivity contribution >= 4 is 16.0 Å². The van der Waals surface area contributed by atoms with E-state index in [-0.39, 0.29) is 24.6 Å². The minimum atomic E-state index is -4.18. The van der Waals surface area contributed by atoms with Crippen molar-refractivity contribution in [2.75, 3.05) is 13.2 Å². The van der Waals surface area contributed by atoms with Crippen molar-refractivity contribution in [1.29, 1.82) is 0 Å². The highest BCUT2D eigenvalue weighted by atomic mass is 32.2. The second-order valence-electron chi connectivity index (χ2n) is 5.08. The number of benzene rings is 1. The number of hydrogen-bond acceptors (Lipinski definition) is 4. The molecule has 1 heterocycles. The first-order valence-electron chi connectivity index (χ1n) is 6.44. The van der Waals surface area contributed by atoms with Gasteiger partial charge in [0.2, 0.25) is 10.0 Å². The van der Waals surface area contributed by atoms with Crippen molar-refractivity contribution in [2.24, 2.45) is 5.92 Å². The number of nitrogens with zero attached hydrogens (tertiary/aromatic N) is 1. The Morgan fingerprint density at radius 3 is 2.71 bits per heavy atom. The summed E-state index contributed by atoms with van der Waals surface area (Å²) in [5.74, 6) is -2.38. The number of aromatic carboxylic acids is 1. The van der Waals surface area contributed by atoms with Gasteiger partial charge in [0.05, 0.1) is 18.2 Å². The van der Waals surface area contributed by atoms with Gasteiger partial charge in [-0.1, -0.05) is 6.92 Å². The third kappa shape index (κ3) is 2.78. The molecule has 1 fully saturated rings. The smallest absolute Gasteiger partial charge is 0.335 e. The summed E-state index contributed by atoms with van der Waals surface area (Å²) in [5, 5.41) is 18.2. The standard InChI is InChI=1S/C13H16FNO5S/c1-8-4-5-15(11(8)7-16)21(19,20)12-6-9(13(17)18)2-3-10(12)14/h2-3,6,8,11,16H,4-5,7H2,1H3,(H,17,18). The second kappa shape index (κ2) is 5.70. The fourth-order valence-corrected chi connectivity index (χ4v) is 4.32. The van der Waals surface area contributed by atoms with Crippen LogP contribution in [-0.4, -0.2) is 48.1 Å². The number of aliphatic hydroxyl groups is 1. The van der Waals surface area contributed by atoms with Crippen LogP contribution in [-0.2, 0) is 10.0 Å². The van der Waals surface area contributed by atoms with Crippen LogP contribution in [0.15, 0.2) is 23.1 Å². The van der Waals surface area contributed by atoms with Crippen molar-refractivity contribution in [3.8, 4) is 0 Å². The number of carboxylic acids is 1. The van der Waals surface area contributed by atoms with Gasteiger partial charge in [-0.2, -0.15) is 4.31 Å². The van der Waals surface area contributed by atoms with Gasteiger partial charge in [-0.05, 0) is 30.5 Å². The van der Waals surface area contributed by atoms with Crippen molar-refractivity contribution in [3.05, 3.63) is 29.6 Å². The summed E-state index contributed by atoms with van der Waals surface area (Å²) in [4.78, 5) is 10.2. The monoisotopic (exact) mass is 317 g/mol. The van der Waals surface area contributed by atoms with Gasteiger partial charge >= 0.3 is 5.97 Å². The molecule has 21 heavy (non-hydrogen) atoms. The molecule has 6 nitrogen and oxygen atoms in total. The molecule has 0 spiro atoms. The van der Waals surface area contributed by atoms with Crippen molar-refractivity contribution in [1.82, 2.24) is 4.31 Å². The predicted molar refractivity (Wildman–Crippen MR) is 71.9 cm³/mol. The summed E-state index contributed by atoms with van der Waals surface area (Å²) in [7, 11) is -4.18. The highest BCUT2D eigenvalue weighted by molar-refractivity contribution is 7.89. The fraction of sp³-hybridized carbons (Fsp3) is 0.462. The van der Waals surface area contributed by atoms with Crippen molar-refractivity contribution in [2.45, 2.75) is 24.3 Å². The Balaban J connectivity index is 2.49. The van der Waals surface area contributed by atoms with Gasteiger partial charge in [0, 0.05) is 6.54 Å². The Morgan fingerprint density at radius 1 is 1.48 bits per heavy atom. The lowest BCUT2D eigenvalue weighted by molar-refractivity contribution is 0.0696. The number of hydrogen-bond donors (Lipinski definition) is 2. The van der Waals surface area contributed by atoms with Gasteiger partial charge in [-0.15, -0.1) is 0 Å². The first kappa shape index (κ1) is 15.9. The maximum absolute atomic E-state index is 13.8. The largest absolute Gasteiger partial charge is 0.478 e. The molecule has 0 saturated carbocycles. The van der Waals surface area contributed by atoms with Gasteiger partial charge in [-0.25, -0.2) is 17.6 Å². The van der Waals surface area contributed by atoms with E-state index in [1.165, 1.54) is 0 Å².